The van der Waals surface area contributed by atoms with E-state index in [2.05, 4.69) is 12.1 Å². The average Bonchev–Trinajstić information content (AvgIpc) is 2.57. The number of rotatable bonds is 13. The number of phenols is 1. The molecule has 23 heavy (non-hydrogen) atoms. The molecule has 0 bridgehead atoms. The van der Waals surface area contributed by atoms with E-state index in [9.17, 15) is 10.0 Å². The maximum atomic E-state index is 10.7. The van der Waals surface area contributed by atoms with Crippen LogP contribution in [0.3, 0.4) is 0 Å². The van der Waals surface area contributed by atoms with Gasteiger partial charge in [0.25, 0.3) is 0 Å². The Hall–Kier alpha value is -1.38. The van der Waals surface area contributed by atoms with Crippen LogP contribution in [0.5, 0.6) is 5.75 Å². The van der Waals surface area contributed by atoms with Gasteiger partial charge < -0.3 is 5.11 Å². The predicted molar refractivity (Wildman–Crippen MR) is 97.9 cm³/mol. The molecule has 0 radical (unpaired) electrons. The van der Waals surface area contributed by atoms with Crippen LogP contribution < -0.4 is 0 Å². The first-order valence-electron chi connectivity index (χ1n) is 9.33. The largest absolute Gasteiger partial charge is 0.508 e. The van der Waals surface area contributed by atoms with E-state index in [1.165, 1.54) is 69.8 Å². The normalized spacial score (nSPS) is 12.3. The molecular weight excluding hydrogens is 286 g/mol. The Morgan fingerprint density at radius 2 is 1.52 bits per heavy atom. The number of unbranched alkanes of at least 4 members (excludes halogenated alkanes) is 9. The topological polar surface area (TPSA) is 49.7 Å². The molecule has 1 rings (SSSR count). The molecule has 1 aromatic carbocycles. The molecule has 0 amide bonds. The van der Waals surface area contributed by atoms with E-state index in [4.69, 9.17) is 0 Å². The lowest BCUT2D eigenvalue weighted by atomic mass is 10.00. The van der Waals surface area contributed by atoms with Crippen LogP contribution in [0.4, 0.5) is 0 Å². The minimum Gasteiger partial charge on any atom is -0.508 e. The molecular formula is C20H33NO2. The summed E-state index contributed by atoms with van der Waals surface area (Å²) in [5.41, 5.74) is 1.83. The van der Waals surface area contributed by atoms with Gasteiger partial charge in [-0.15, -0.1) is 0 Å². The highest BCUT2D eigenvalue weighted by Crippen LogP contribution is 2.28. The number of hydrogen-bond acceptors (Lipinski definition) is 3. The van der Waals surface area contributed by atoms with E-state index >= 15 is 0 Å². The van der Waals surface area contributed by atoms with Gasteiger partial charge in [0, 0.05) is 5.56 Å². The number of nitroso groups, excluding NO2 is 1. The fourth-order valence-electron chi connectivity index (χ4n) is 2.97. The van der Waals surface area contributed by atoms with Crippen LogP contribution in [-0.2, 0) is 6.42 Å². The summed E-state index contributed by atoms with van der Waals surface area (Å²) in [6, 6.07) is 5.07. The van der Waals surface area contributed by atoms with Gasteiger partial charge in [-0.05, 0) is 37.5 Å². The van der Waals surface area contributed by atoms with Crippen molar-refractivity contribution in [2.24, 2.45) is 5.18 Å². The summed E-state index contributed by atoms with van der Waals surface area (Å²) < 4.78 is 0. The van der Waals surface area contributed by atoms with E-state index in [0.29, 0.717) is 5.56 Å². The minimum atomic E-state index is -0.484. The first-order chi connectivity index (χ1) is 11.2. The van der Waals surface area contributed by atoms with Crippen LogP contribution in [0, 0.1) is 4.91 Å². The molecule has 0 saturated carbocycles. The zero-order valence-electron chi connectivity index (χ0n) is 14.9. The van der Waals surface area contributed by atoms with Crippen LogP contribution in [0.2, 0.25) is 0 Å². The maximum Gasteiger partial charge on any atom is 0.121 e. The number of benzene rings is 1. The molecule has 0 aliphatic heterocycles. The van der Waals surface area contributed by atoms with Crippen molar-refractivity contribution >= 4 is 0 Å². The summed E-state index contributed by atoms with van der Waals surface area (Å²) in [5, 5.41) is 12.8. The number of phenolic OH excluding ortho intramolecular Hbond substituents is 1. The first kappa shape index (κ1) is 19.7. The molecule has 1 aromatic rings. The molecule has 0 aliphatic rings. The molecule has 0 heterocycles. The zero-order valence-corrected chi connectivity index (χ0v) is 14.9. The van der Waals surface area contributed by atoms with Gasteiger partial charge in [-0.2, -0.15) is 4.91 Å². The van der Waals surface area contributed by atoms with E-state index in [0.717, 1.165) is 6.42 Å². The summed E-state index contributed by atoms with van der Waals surface area (Å²) in [6.07, 6.45) is 14.3. The second-order valence-corrected chi connectivity index (χ2v) is 6.61. The smallest absolute Gasteiger partial charge is 0.121 e. The Kier molecular flexibility index (Phi) is 10.3. The van der Waals surface area contributed by atoms with Crippen LogP contribution in [0.1, 0.15) is 95.2 Å². The van der Waals surface area contributed by atoms with Gasteiger partial charge in [-0.25, -0.2) is 0 Å². The molecule has 3 heteroatoms. The van der Waals surface area contributed by atoms with E-state index in [1.54, 1.807) is 13.0 Å². The number of aryl methyl sites for hydroxylation is 1. The third-order valence-electron chi connectivity index (χ3n) is 4.52. The fraction of sp³-hybridized carbons (Fsp3) is 0.700. The Balaban J connectivity index is 2.15. The minimum absolute atomic E-state index is 0.170. The van der Waals surface area contributed by atoms with Crippen LogP contribution >= 0.6 is 0 Å². The fourth-order valence-corrected chi connectivity index (χ4v) is 2.97. The lowest BCUT2D eigenvalue weighted by Gasteiger charge is -2.09. The highest BCUT2D eigenvalue weighted by atomic mass is 16.3. The Morgan fingerprint density at radius 3 is 2.09 bits per heavy atom. The van der Waals surface area contributed by atoms with Crippen molar-refractivity contribution < 1.29 is 5.11 Å². The summed E-state index contributed by atoms with van der Waals surface area (Å²) in [5.74, 6) is 0.170. The average molecular weight is 319 g/mol. The lowest BCUT2D eigenvalue weighted by molar-refractivity contribution is 0.463. The van der Waals surface area contributed by atoms with Crippen molar-refractivity contribution in [2.45, 2.75) is 90.5 Å². The Bertz CT molecular complexity index is 445. The second-order valence-electron chi connectivity index (χ2n) is 6.61. The van der Waals surface area contributed by atoms with Gasteiger partial charge in [0.1, 0.15) is 11.8 Å². The van der Waals surface area contributed by atoms with E-state index in [1.807, 2.05) is 12.1 Å². The highest BCUT2D eigenvalue weighted by Gasteiger charge is 2.11. The SMILES string of the molecule is CCCCCCCCCCCCc1ccc(O)c(C(C)N=O)c1. The monoisotopic (exact) mass is 319 g/mol. The first-order valence-corrected chi connectivity index (χ1v) is 9.33. The van der Waals surface area contributed by atoms with E-state index < -0.39 is 6.04 Å². The molecule has 0 aromatic heterocycles. The molecule has 1 atom stereocenters. The number of nitrogens with zero attached hydrogens (tertiary/aromatic N) is 1. The number of hydrogen-bond donors (Lipinski definition) is 1. The van der Waals surface area contributed by atoms with Crippen molar-refractivity contribution in [3.63, 3.8) is 0 Å². The quantitative estimate of drug-likeness (QED) is 0.325. The highest BCUT2D eigenvalue weighted by molar-refractivity contribution is 5.38. The third kappa shape index (κ3) is 8.15. The van der Waals surface area contributed by atoms with Gasteiger partial charge in [0.05, 0.1) is 0 Å². The molecule has 1 unspecified atom stereocenters. The van der Waals surface area contributed by atoms with Crippen molar-refractivity contribution in [3.8, 4) is 5.75 Å². The maximum absolute atomic E-state index is 10.7. The van der Waals surface area contributed by atoms with Gasteiger partial charge in [-0.3, -0.25) is 0 Å². The molecule has 1 N–H and O–H groups in total. The van der Waals surface area contributed by atoms with Gasteiger partial charge in [0.15, 0.2) is 0 Å². The predicted octanol–water partition coefficient (Wildman–Crippen LogP) is 6.68. The summed E-state index contributed by atoms with van der Waals surface area (Å²) in [4.78, 5) is 10.7. The molecule has 0 saturated heterocycles. The molecule has 130 valence electrons. The molecule has 0 spiro atoms. The van der Waals surface area contributed by atoms with Crippen molar-refractivity contribution in [1.82, 2.24) is 0 Å². The van der Waals surface area contributed by atoms with Gasteiger partial charge >= 0.3 is 0 Å². The zero-order chi connectivity index (χ0) is 16.9. The molecule has 0 aliphatic carbocycles. The van der Waals surface area contributed by atoms with Crippen molar-refractivity contribution in [3.05, 3.63) is 34.2 Å². The molecule has 0 fully saturated rings. The summed E-state index contributed by atoms with van der Waals surface area (Å²) in [7, 11) is 0. The van der Waals surface area contributed by atoms with Crippen LogP contribution in [0.15, 0.2) is 23.4 Å². The van der Waals surface area contributed by atoms with Crippen molar-refractivity contribution in [2.75, 3.05) is 0 Å². The van der Waals surface area contributed by atoms with Gasteiger partial charge in [-0.1, -0.05) is 76.0 Å². The second kappa shape index (κ2) is 12.1. The Labute approximate surface area is 141 Å². The lowest BCUT2D eigenvalue weighted by Crippen LogP contribution is -1.93. The molecule has 3 nitrogen and oxygen atoms in total. The third-order valence-corrected chi connectivity index (χ3v) is 4.52. The van der Waals surface area contributed by atoms with Crippen molar-refractivity contribution in [1.29, 1.82) is 0 Å². The summed E-state index contributed by atoms with van der Waals surface area (Å²) in [6.45, 7) is 3.97. The van der Waals surface area contributed by atoms with Crippen LogP contribution in [0.25, 0.3) is 0 Å². The van der Waals surface area contributed by atoms with Crippen LogP contribution in [-0.4, -0.2) is 5.11 Å². The standard InChI is InChI=1S/C20H33NO2/c1-3-4-5-6-7-8-9-10-11-12-13-18-14-15-20(22)19(16-18)17(2)21-23/h14-17,22H,3-13H2,1-2H3. The summed E-state index contributed by atoms with van der Waals surface area (Å²) >= 11 is 0. The Morgan fingerprint density at radius 1 is 0.957 bits per heavy atom. The van der Waals surface area contributed by atoms with Gasteiger partial charge in [0.2, 0.25) is 0 Å². The number of aromatic hydroxyl groups is 1. The van der Waals surface area contributed by atoms with E-state index in [-0.39, 0.29) is 5.75 Å².